The van der Waals surface area contributed by atoms with Gasteiger partial charge in [-0.2, -0.15) is 0 Å². The van der Waals surface area contributed by atoms with Gasteiger partial charge in [0, 0.05) is 43.0 Å². The topological polar surface area (TPSA) is 91.4 Å². The number of amides is 3. The van der Waals surface area contributed by atoms with Crippen LogP contribution in [0.25, 0.3) is 11.3 Å². The fraction of sp³-hybridized carbons (Fsp3) is 0.440. The van der Waals surface area contributed by atoms with Gasteiger partial charge in [0.05, 0.1) is 16.7 Å². The summed E-state index contributed by atoms with van der Waals surface area (Å²) in [6.45, 7) is 5.66. The summed E-state index contributed by atoms with van der Waals surface area (Å²) in [5.41, 5.74) is 3.40. The molecule has 0 bridgehead atoms. The maximum Gasteiger partial charge on any atom is 0.255 e. The minimum atomic E-state index is -0.584. The fourth-order valence-corrected chi connectivity index (χ4v) is 4.56. The number of nitrogens with zero attached hydrogens (tertiary/aromatic N) is 2. The van der Waals surface area contributed by atoms with Gasteiger partial charge >= 0.3 is 0 Å². The molecule has 1 saturated carbocycles. The highest BCUT2D eigenvalue weighted by molar-refractivity contribution is 6.06. The van der Waals surface area contributed by atoms with Crippen molar-refractivity contribution in [2.75, 3.05) is 12.4 Å². The molecule has 2 aliphatic rings. The minimum Gasteiger partial charge on any atom is -0.353 e. The number of rotatable bonds is 5. The first kappa shape index (κ1) is 22.0. The summed E-state index contributed by atoms with van der Waals surface area (Å²) >= 11 is 0. The Morgan fingerprint density at radius 1 is 1.22 bits per heavy atom. The normalized spacial score (nSPS) is 21.1. The van der Waals surface area contributed by atoms with Crippen LogP contribution in [0.1, 0.15) is 62.4 Å². The van der Waals surface area contributed by atoms with E-state index in [9.17, 15) is 14.4 Å². The van der Waals surface area contributed by atoms with E-state index >= 15 is 0 Å². The number of pyridine rings is 1. The molecule has 3 amide bonds. The molecule has 0 spiro atoms. The highest BCUT2D eigenvalue weighted by Gasteiger charge is 2.38. The van der Waals surface area contributed by atoms with Gasteiger partial charge in [-0.1, -0.05) is 13.0 Å². The van der Waals surface area contributed by atoms with Crippen molar-refractivity contribution in [1.82, 2.24) is 15.2 Å². The SMILES string of the molecule is CCC(=O)NC1CCC(N(C)C(=O)c2ccc(-c3ccc4c(c3)C(C)(C)C(=O)N4)nc2)C1. The summed E-state index contributed by atoms with van der Waals surface area (Å²) in [5.74, 6) is -0.0223. The van der Waals surface area contributed by atoms with Crippen molar-refractivity contribution in [2.45, 2.75) is 64.0 Å². The molecule has 32 heavy (non-hydrogen) atoms. The Morgan fingerprint density at radius 2 is 2.00 bits per heavy atom. The van der Waals surface area contributed by atoms with Crippen LogP contribution in [-0.2, 0) is 15.0 Å². The molecular formula is C25H30N4O3. The second-order valence-corrected chi connectivity index (χ2v) is 9.27. The summed E-state index contributed by atoms with van der Waals surface area (Å²) in [4.78, 5) is 43.1. The summed E-state index contributed by atoms with van der Waals surface area (Å²) in [7, 11) is 1.82. The highest BCUT2D eigenvalue weighted by Crippen LogP contribution is 2.39. The molecule has 2 atom stereocenters. The number of hydrogen-bond donors (Lipinski definition) is 2. The quantitative estimate of drug-likeness (QED) is 0.754. The van der Waals surface area contributed by atoms with Gasteiger partial charge in [-0.3, -0.25) is 19.4 Å². The molecule has 168 valence electrons. The standard InChI is InChI=1S/C25H30N4O3/c1-5-22(30)27-17-8-9-18(13-17)29(4)23(31)16-7-10-20(26-14-16)15-6-11-21-19(12-15)25(2,3)24(32)28-21/h6-7,10-12,14,17-18H,5,8-9,13H2,1-4H3,(H,27,30)(H,28,32). The number of carbonyl (C=O) groups excluding carboxylic acids is 3. The fourth-order valence-electron chi connectivity index (χ4n) is 4.56. The van der Waals surface area contributed by atoms with Crippen molar-refractivity contribution >= 4 is 23.4 Å². The van der Waals surface area contributed by atoms with Gasteiger partial charge in [-0.15, -0.1) is 0 Å². The predicted molar refractivity (Wildman–Crippen MR) is 123 cm³/mol. The zero-order valence-corrected chi connectivity index (χ0v) is 19.1. The lowest BCUT2D eigenvalue weighted by atomic mass is 9.85. The molecule has 1 fully saturated rings. The van der Waals surface area contributed by atoms with Gasteiger partial charge in [0.25, 0.3) is 5.91 Å². The third kappa shape index (κ3) is 3.99. The molecule has 0 radical (unpaired) electrons. The maximum absolute atomic E-state index is 13.0. The molecule has 2 N–H and O–H groups in total. The number of hydrogen-bond acceptors (Lipinski definition) is 4. The molecule has 2 unspecified atom stereocenters. The summed E-state index contributed by atoms with van der Waals surface area (Å²) in [6.07, 6.45) is 4.62. The Labute approximate surface area is 188 Å². The van der Waals surface area contributed by atoms with Crippen LogP contribution < -0.4 is 10.6 Å². The number of aromatic nitrogens is 1. The Hall–Kier alpha value is -3.22. The Morgan fingerprint density at radius 3 is 2.69 bits per heavy atom. The van der Waals surface area contributed by atoms with E-state index in [0.717, 1.165) is 41.8 Å². The van der Waals surface area contributed by atoms with E-state index in [2.05, 4.69) is 15.6 Å². The van der Waals surface area contributed by atoms with Crippen molar-refractivity contribution < 1.29 is 14.4 Å². The Balaban J connectivity index is 1.45. The molecular weight excluding hydrogens is 404 g/mol. The van der Waals surface area contributed by atoms with Gasteiger partial charge in [-0.05, 0) is 62.9 Å². The first-order valence-corrected chi connectivity index (χ1v) is 11.2. The average Bonchev–Trinajstić information content (AvgIpc) is 3.34. The number of anilines is 1. The van der Waals surface area contributed by atoms with Crippen molar-refractivity contribution in [2.24, 2.45) is 0 Å². The third-order valence-corrected chi connectivity index (χ3v) is 6.77. The van der Waals surface area contributed by atoms with Gasteiger partial charge in [0.1, 0.15) is 0 Å². The lowest BCUT2D eigenvalue weighted by Crippen LogP contribution is -2.38. The van der Waals surface area contributed by atoms with Gasteiger partial charge in [0.15, 0.2) is 0 Å². The molecule has 1 aromatic heterocycles. The van der Waals surface area contributed by atoms with Crippen LogP contribution in [0.2, 0.25) is 0 Å². The molecule has 7 heteroatoms. The largest absolute Gasteiger partial charge is 0.353 e. The first-order valence-electron chi connectivity index (χ1n) is 11.2. The molecule has 1 aliphatic carbocycles. The van der Waals surface area contributed by atoms with Crippen LogP contribution in [0.3, 0.4) is 0 Å². The molecule has 7 nitrogen and oxygen atoms in total. The number of nitrogens with one attached hydrogen (secondary N) is 2. The van der Waals surface area contributed by atoms with Crippen molar-refractivity contribution in [1.29, 1.82) is 0 Å². The van der Waals surface area contributed by atoms with Crippen molar-refractivity contribution in [3.63, 3.8) is 0 Å². The van der Waals surface area contributed by atoms with Crippen LogP contribution in [-0.4, -0.2) is 46.7 Å². The number of benzene rings is 1. The predicted octanol–water partition coefficient (Wildman–Crippen LogP) is 3.50. The van der Waals surface area contributed by atoms with Crippen LogP contribution in [0.5, 0.6) is 0 Å². The molecule has 1 aromatic carbocycles. The van der Waals surface area contributed by atoms with Gasteiger partial charge < -0.3 is 15.5 Å². The second kappa shape index (κ2) is 8.37. The van der Waals surface area contributed by atoms with Crippen LogP contribution in [0, 0.1) is 0 Å². The Bertz CT molecular complexity index is 1060. The zero-order valence-electron chi connectivity index (χ0n) is 19.1. The zero-order chi connectivity index (χ0) is 23.0. The second-order valence-electron chi connectivity index (χ2n) is 9.27. The lowest BCUT2D eigenvalue weighted by Gasteiger charge is -2.25. The van der Waals surface area contributed by atoms with Gasteiger partial charge in [0.2, 0.25) is 11.8 Å². The van der Waals surface area contributed by atoms with E-state index in [-0.39, 0.29) is 29.8 Å². The van der Waals surface area contributed by atoms with E-state index in [1.54, 1.807) is 17.2 Å². The molecule has 1 aliphatic heterocycles. The van der Waals surface area contributed by atoms with E-state index in [1.165, 1.54) is 0 Å². The van der Waals surface area contributed by atoms with Crippen LogP contribution >= 0.6 is 0 Å². The first-order chi connectivity index (χ1) is 15.2. The van der Waals surface area contributed by atoms with Crippen LogP contribution in [0.15, 0.2) is 36.5 Å². The van der Waals surface area contributed by atoms with E-state index in [0.29, 0.717) is 12.0 Å². The molecule has 2 aromatic rings. The molecule has 4 rings (SSSR count). The lowest BCUT2D eigenvalue weighted by molar-refractivity contribution is -0.121. The smallest absolute Gasteiger partial charge is 0.255 e. The van der Waals surface area contributed by atoms with E-state index < -0.39 is 5.41 Å². The van der Waals surface area contributed by atoms with E-state index in [4.69, 9.17) is 0 Å². The molecule has 0 saturated heterocycles. The molecule has 2 heterocycles. The third-order valence-electron chi connectivity index (χ3n) is 6.77. The maximum atomic E-state index is 13.0. The average molecular weight is 435 g/mol. The number of fused-ring (bicyclic) bond motifs is 1. The summed E-state index contributed by atoms with van der Waals surface area (Å²) in [6, 6.07) is 9.71. The van der Waals surface area contributed by atoms with Crippen LogP contribution in [0.4, 0.5) is 5.69 Å². The van der Waals surface area contributed by atoms with Crippen molar-refractivity contribution in [3.05, 3.63) is 47.7 Å². The minimum absolute atomic E-state index is 0.00926. The Kier molecular flexibility index (Phi) is 5.75. The highest BCUT2D eigenvalue weighted by atomic mass is 16.2. The summed E-state index contributed by atoms with van der Waals surface area (Å²) in [5, 5.41) is 5.94. The van der Waals surface area contributed by atoms with Crippen molar-refractivity contribution in [3.8, 4) is 11.3 Å². The number of carbonyl (C=O) groups is 3. The summed E-state index contributed by atoms with van der Waals surface area (Å²) < 4.78 is 0. The van der Waals surface area contributed by atoms with Gasteiger partial charge in [-0.25, -0.2) is 0 Å². The van der Waals surface area contributed by atoms with E-state index in [1.807, 2.05) is 52.1 Å². The monoisotopic (exact) mass is 434 g/mol.